The van der Waals surface area contributed by atoms with Gasteiger partial charge in [-0.2, -0.15) is 5.10 Å². The standard InChI is InChI=1S/C16H23N9OS/c1-10-13(7-22-25(9-26)8-12(19)6-21-20)15-16(24(10)2)23-14(27-15)5-11(18)3-4-17/h3-4,6-7,9,18,21H,5,8,17,19-20H2,1-2H3/b4-3-,12-6-,18-11?,22-7-. The fraction of sp³-hybridized carbons (Fsp3) is 0.250. The van der Waals surface area contributed by atoms with Crippen LogP contribution in [0.1, 0.15) is 16.3 Å². The zero-order valence-electron chi connectivity index (χ0n) is 15.1. The van der Waals surface area contributed by atoms with E-state index in [0.717, 1.165) is 26.6 Å². The summed E-state index contributed by atoms with van der Waals surface area (Å²) in [4.78, 5) is 15.8. The molecule has 0 spiro atoms. The maximum absolute atomic E-state index is 11.2. The first kappa shape index (κ1) is 20.1. The number of nitrogens with one attached hydrogen (secondary N) is 2. The number of aryl methyl sites for hydroxylation is 1. The van der Waals surface area contributed by atoms with Crippen molar-refractivity contribution < 1.29 is 4.79 Å². The molecule has 0 atom stereocenters. The summed E-state index contributed by atoms with van der Waals surface area (Å²) >= 11 is 1.49. The number of thiazole rings is 1. The lowest BCUT2D eigenvalue weighted by Crippen LogP contribution is -2.25. The average molecular weight is 389 g/mol. The Hall–Kier alpha value is -3.18. The number of rotatable bonds is 9. The first-order valence-electron chi connectivity index (χ1n) is 7.98. The Kier molecular flexibility index (Phi) is 6.68. The Morgan fingerprint density at radius 3 is 2.89 bits per heavy atom. The zero-order valence-corrected chi connectivity index (χ0v) is 16.0. The molecule has 8 N–H and O–H groups in total. The summed E-state index contributed by atoms with van der Waals surface area (Å²) in [6.45, 7) is 2.06. The van der Waals surface area contributed by atoms with Crippen LogP contribution in [0.3, 0.4) is 0 Å². The maximum Gasteiger partial charge on any atom is 0.230 e. The van der Waals surface area contributed by atoms with Gasteiger partial charge in [-0.25, -0.2) is 9.99 Å². The van der Waals surface area contributed by atoms with Gasteiger partial charge in [-0.1, -0.05) is 0 Å². The number of aromatic nitrogens is 2. The van der Waals surface area contributed by atoms with Crippen molar-refractivity contribution in [2.45, 2.75) is 13.3 Å². The molecule has 0 fully saturated rings. The lowest BCUT2D eigenvalue weighted by molar-refractivity contribution is -0.117. The first-order chi connectivity index (χ1) is 12.9. The Bertz CT molecular complexity index is 922. The number of fused-ring (bicyclic) bond motifs is 1. The highest BCUT2D eigenvalue weighted by Gasteiger charge is 2.16. The summed E-state index contributed by atoms with van der Waals surface area (Å²) in [6.07, 6.45) is 6.86. The summed E-state index contributed by atoms with van der Waals surface area (Å²) in [6, 6.07) is 0. The van der Waals surface area contributed by atoms with E-state index in [-0.39, 0.29) is 6.54 Å². The third kappa shape index (κ3) is 4.71. The van der Waals surface area contributed by atoms with Gasteiger partial charge >= 0.3 is 0 Å². The molecule has 144 valence electrons. The van der Waals surface area contributed by atoms with E-state index < -0.39 is 0 Å². The van der Waals surface area contributed by atoms with E-state index in [9.17, 15) is 4.79 Å². The van der Waals surface area contributed by atoms with Crippen LogP contribution in [-0.2, 0) is 18.3 Å². The van der Waals surface area contributed by atoms with Crippen LogP contribution in [0.4, 0.5) is 0 Å². The van der Waals surface area contributed by atoms with Crippen LogP contribution in [0.15, 0.2) is 29.3 Å². The Balaban J connectivity index is 2.32. The van der Waals surface area contributed by atoms with Crippen LogP contribution in [-0.4, -0.2) is 39.4 Å². The number of hydrazine groups is 1. The van der Waals surface area contributed by atoms with Gasteiger partial charge in [-0.3, -0.25) is 10.6 Å². The molecule has 0 radical (unpaired) electrons. The van der Waals surface area contributed by atoms with Crippen molar-refractivity contribution >= 4 is 40.0 Å². The summed E-state index contributed by atoms with van der Waals surface area (Å²) in [5.41, 5.74) is 16.7. The predicted octanol–water partition coefficient (Wildman–Crippen LogP) is 0.0336. The van der Waals surface area contributed by atoms with E-state index in [4.69, 9.17) is 22.7 Å². The third-order valence-corrected chi connectivity index (χ3v) is 4.90. The van der Waals surface area contributed by atoms with Crippen molar-refractivity contribution in [2.75, 3.05) is 6.54 Å². The molecule has 1 amide bonds. The van der Waals surface area contributed by atoms with Gasteiger partial charge in [0, 0.05) is 42.3 Å². The van der Waals surface area contributed by atoms with E-state index in [1.165, 1.54) is 34.8 Å². The molecule has 2 heterocycles. The largest absolute Gasteiger partial charge is 0.405 e. The molecule has 2 aromatic rings. The van der Waals surface area contributed by atoms with Crippen LogP contribution >= 0.6 is 11.3 Å². The highest BCUT2D eigenvalue weighted by Crippen LogP contribution is 2.29. The minimum absolute atomic E-state index is 0.107. The molecule has 0 bridgehead atoms. The molecule has 27 heavy (non-hydrogen) atoms. The SMILES string of the molecule is Cc1c(/C=N\N(C=O)C/C(N)=C/NN)c2sc(CC(=N)/C=C\N)nc2n1C. The van der Waals surface area contributed by atoms with Crippen LogP contribution in [0.25, 0.3) is 10.3 Å². The van der Waals surface area contributed by atoms with E-state index in [1.54, 1.807) is 6.21 Å². The topological polar surface area (TPSA) is 164 Å². The highest BCUT2D eigenvalue weighted by atomic mass is 32.1. The Morgan fingerprint density at radius 1 is 1.52 bits per heavy atom. The fourth-order valence-corrected chi connectivity index (χ4v) is 3.58. The van der Waals surface area contributed by atoms with Gasteiger partial charge in [0.25, 0.3) is 0 Å². The second kappa shape index (κ2) is 8.96. The molecule has 0 saturated carbocycles. The minimum Gasteiger partial charge on any atom is -0.405 e. The van der Waals surface area contributed by atoms with Crippen molar-refractivity contribution in [2.24, 2.45) is 29.5 Å². The fourth-order valence-electron chi connectivity index (χ4n) is 2.40. The van der Waals surface area contributed by atoms with Crippen LogP contribution in [0, 0.1) is 12.3 Å². The molecule has 0 aliphatic carbocycles. The number of nitrogens with zero attached hydrogens (tertiary/aromatic N) is 4. The number of nitrogens with two attached hydrogens (primary N) is 3. The molecule has 0 saturated heterocycles. The van der Waals surface area contributed by atoms with Gasteiger partial charge < -0.3 is 26.9 Å². The normalized spacial score (nSPS) is 12.3. The number of amides is 1. The van der Waals surface area contributed by atoms with E-state index in [1.807, 2.05) is 18.5 Å². The van der Waals surface area contributed by atoms with Crippen LogP contribution < -0.4 is 22.7 Å². The van der Waals surface area contributed by atoms with Gasteiger partial charge in [0.1, 0.15) is 5.01 Å². The first-order valence-corrected chi connectivity index (χ1v) is 8.79. The van der Waals surface area contributed by atoms with Gasteiger partial charge in [0.15, 0.2) is 5.65 Å². The quantitative estimate of drug-likeness (QED) is 0.176. The molecule has 0 aliphatic heterocycles. The zero-order chi connectivity index (χ0) is 20.0. The molecule has 0 aliphatic rings. The highest BCUT2D eigenvalue weighted by molar-refractivity contribution is 7.19. The van der Waals surface area contributed by atoms with Crippen molar-refractivity contribution in [3.8, 4) is 0 Å². The molecular formula is C16H23N9OS. The Morgan fingerprint density at radius 2 is 2.26 bits per heavy atom. The minimum atomic E-state index is 0.107. The van der Waals surface area contributed by atoms with Crippen LogP contribution in [0.2, 0.25) is 0 Å². The number of hydrazone groups is 1. The summed E-state index contributed by atoms with van der Waals surface area (Å²) in [7, 11) is 1.91. The van der Waals surface area contributed by atoms with Gasteiger partial charge in [-0.05, 0) is 19.2 Å². The molecular weight excluding hydrogens is 366 g/mol. The van der Waals surface area contributed by atoms with Crippen molar-refractivity contribution in [3.63, 3.8) is 0 Å². The van der Waals surface area contributed by atoms with Gasteiger partial charge in [0.2, 0.25) is 6.41 Å². The summed E-state index contributed by atoms with van der Waals surface area (Å²) in [5, 5.41) is 14.0. The van der Waals surface area contributed by atoms with Gasteiger partial charge in [0.05, 0.1) is 17.5 Å². The van der Waals surface area contributed by atoms with Crippen LogP contribution in [0.5, 0.6) is 0 Å². The summed E-state index contributed by atoms with van der Waals surface area (Å²) < 4.78 is 2.90. The second-order valence-electron chi connectivity index (χ2n) is 5.71. The van der Waals surface area contributed by atoms with Gasteiger partial charge in [-0.15, -0.1) is 11.3 Å². The average Bonchev–Trinajstić information content (AvgIpc) is 3.11. The van der Waals surface area contributed by atoms with Crippen molar-refractivity contribution in [1.29, 1.82) is 5.41 Å². The molecule has 2 rings (SSSR count). The molecule has 0 aromatic carbocycles. The number of hydrogen-bond donors (Lipinski definition) is 5. The lowest BCUT2D eigenvalue weighted by Gasteiger charge is -2.10. The molecule has 0 unspecified atom stereocenters. The summed E-state index contributed by atoms with van der Waals surface area (Å²) in [5.74, 6) is 5.17. The smallest absolute Gasteiger partial charge is 0.230 e. The van der Waals surface area contributed by atoms with E-state index in [0.29, 0.717) is 24.2 Å². The van der Waals surface area contributed by atoms with E-state index in [2.05, 4.69) is 15.5 Å². The number of carbonyl (C=O) groups is 1. The lowest BCUT2D eigenvalue weighted by atomic mass is 10.3. The second-order valence-corrected chi connectivity index (χ2v) is 6.80. The maximum atomic E-state index is 11.2. The predicted molar refractivity (Wildman–Crippen MR) is 108 cm³/mol. The third-order valence-electron chi connectivity index (χ3n) is 3.82. The van der Waals surface area contributed by atoms with E-state index >= 15 is 0 Å². The number of allylic oxidation sites excluding steroid dienone is 1. The van der Waals surface area contributed by atoms with Crippen molar-refractivity contribution in [3.05, 3.63) is 40.4 Å². The number of hydrogen-bond acceptors (Lipinski definition) is 9. The Labute approximate surface area is 160 Å². The molecule has 11 heteroatoms. The van der Waals surface area contributed by atoms with Crippen molar-refractivity contribution in [1.82, 2.24) is 20.0 Å². The molecule has 10 nitrogen and oxygen atoms in total. The number of carbonyl (C=O) groups excluding carboxylic acids is 1. The monoisotopic (exact) mass is 389 g/mol. The molecule has 2 aromatic heterocycles.